The second-order valence-corrected chi connectivity index (χ2v) is 5.37. The molecule has 0 amide bonds. The largest absolute Gasteiger partial charge is 0.384 e. The molecule has 3 aromatic heterocycles. The van der Waals surface area contributed by atoms with Gasteiger partial charge in [-0.3, -0.25) is 4.68 Å². The number of rotatable bonds is 3. The van der Waals surface area contributed by atoms with Crippen LogP contribution in [0.25, 0.3) is 11.0 Å². The molecule has 0 spiro atoms. The molecule has 0 fully saturated rings. The Morgan fingerprint density at radius 2 is 1.88 bits per heavy atom. The lowest BCUT2D eigenvalue weighted by molar-refractivity contribution is 0.706. The molecule has 0 aliphatic heterocycles. The quantitative estimate of drug-likeness (QED) is 0.796. The van der Waals surface area contributed by atoms with E-state index in [0.29, 0.717) is 11.6 Å². The van der Waals surface area contributed by atoms with Crippen molar-refractivity contribution in [3.63, 3.8) is 0 Å². The van der Waals surface area contributed by atoms with Crippen molar-refractivity contribution in [2.24, 2.45) is 7.05 Å². The summed E-state index contributed by atoms with van der Waals surface area (Å²) in [6.07, 6.45) is 1.79. The minimum atomic E-state index is 0.0289. The van der Waals surface area contributed by atoms with Gasteiger partial charge in [0.25, 0.3) is 0 Å². The third kappa shape index (κ3) is 3.29. The first-order chi connectivity index (χ1) is 11.5. The minimum absolute atomic E-state index is 0.0289. The van der Waals surface area contributed by atoms with Crippen LogP contribution in [0, 0.1) is 6.92 Å². The third-order valence-corrected chi connectivity index (χ3v) is 3.82. The Balaban J connectivity index is 0.00000100. The van der Waals surface area contributed by atoms with Gasteiger partial charge in [0, 0.05) is 14.1 Å². The fraction of sp³-hybridized carbons (Fsp3) is 0.412. The summed E-state index contributed by atoms with van der Waals surface area (Å²) in [6, 6.07) is 5.68. The monoisotopic (exact) mass is 327 g/mol. The van der Waals surface area contributed by atoms with Gasteiger partial charge in [-0.2, -0.15) is 5.10 Å². The van der Waals surface area contributed by atoms with Gasteiger partial charge in [0.15, 0.2) is 5.65 Å². The van der Waals surface area contributed by atoms with Crippen molar-refractivity contribution < 1.29 is 0 Å². The van der Waals surface area contributed by atoms with Gasteiger partial charge in [-0.15, -0.1) is 0 Å². The molecule has 0 aromatic carbocycles. The van der Waals surface area contributed by atoms with E-state index >= 15 is 0 Å². The Kier molecular flexibility index (Phi) is 5.33. The Bertz CT molecular complexity index is 825. The Morgan fingerprint density at radius 3 is 2.54 bits per heavy atom. The molecule has 3 rings (SSSR count). The number of hydrogen-bond donors (Lipinski definition) is 1. The second kappa shape index (κ2) is 7.25. The molecule has 0 bridgehead atoms. The summed E-state index contributed by atoms with van der Waals surface area (Å²) in [6.45, 7) is 7.95. The number of pyridine rings is 1. The Hall–Kier alpha value is -2.70. The van der Waals surface area contributed by atoms with E-state index in [-0.39, 0.29) is 6.04 Å². The molecular weight excluding hydrogens is 302 g/mol. The first kappa shape index (κ1) is 17.7. The first-order valence-electron chi connectivity index (χ1n) is 8.09. The number of nitrogens with two attached hydrogens (primary N) is 1. The van der Waals surface area contributed by atoms with E-state index < -0.39 is 0 Å². The molecule has 24 heavy (non-hydrogen) atoms. The van der Waals surface area contributed by atoms with Crippen LogP contribution < -0.4 is 10.6 Å². The van der Waals surface area contributed by atoms with Crippen molar-refractivity contribution in [3.8, 4) is 0 Å². The maximum Gasteiger partial charge on any atom is 0.163 e. The lowest BCUT2D eigenvalue weighted by Crippen LogP contribution is -2.24. The van der Waals surface area contributed by atoms with Gasteiger partial charge >= 0.3 is 0 Å². The van der Waals surface area contributed by atoms with Crippen molar-refractivity contribution in [1.82, 2.24) is 24.7 Å². The van der Waals surface area contributed by atoms with Crippen LogP contribution in [0.2, 0.25) is 0 Å². The zero-order valence-electron chi connectivity index (χ0n) is 15.1. The van der Waals surface area contributed by atoms with E-state index in [1.165, 1.54) is 0 Å². The summed E-state index contributed by atoms with van der Waals surface area (Å²) in [5.74, 6) is 2.07. The number of aromatic nitrogens is 5. The molecule has 7 nitrogen and oxygen atoms in total. The van der Waals surface area contributed by atoms with Crippen molar-refractivity contribution >= 4 is 22.7 Å². The zero-order valence-corrected chi connectivity index (χ0v) is 15.1. The number of aryl methyl sites for hydroxylation is 2. The average molecular weight is 327 g/mol. The summed E-state index contributed by atoms with van der Waals surface area (Å²) in [5, 5.41) is 5.20. The fourth-order valence-electron chi connectivity index (χ4n) is 2.47. The molecule has 2 N–H and O–H groups in total. The summed E-state index contributed by atoms with van der Waals surface area (Å²) >= 11 is 0. The lowest BCUT2D eigenvalue weighted by Gasteiger charge is -2.26. The minimum Gasteiger partial charge on any atom is -0.384 e. The van der Waals surface area contributed by atoms with Crippen LogP contribution in [0.1, 0.15) is 38.3 Å². The van der Waals surface area contributed by atoms with E-state index in [0.717, 1.165) is 22.5 Å². The average Bonchev–Trinajstić information content (AvgIpc) is 2.96. The smallest absolute Gasteiger partial charge is 0.163 e. The standard InChI is InChI=1S/C15H19N7.C2H6/c1-9(12-6-5-7-13(16)20-12)21(3)14-11-8-17-22(4)15(11)19-10(2)18-14;1-2/h5-9H,1-4H3,(H2,16,20);1-2H3. The molecule has 1 unspecified atom stereocenters. The maximum absolute atomic E-state index is 5.78. The molecule has 0 aliphatic carbocycles. The van der Waals surface area contributed by atoms with E-state index in [2.05, 4.69) is 31.9 Å². The SMILES string of the molecule is CC.Cc1nc(N(C)C(C)c2cccc(N)n2)c2cnn(C)c2n1. The van der Waals surface area contributed by atoms with Gasteiger partial charge < -0.3 is 10.6 Å². The number of nitrogen functional groups attached to an aromatic ring is 1. The predicted octanol–water partition coefficient (Wildman–Crippen LogP) is 2.87. The summed E-state index contributed by atoms with van der Waals surface area (Å²) < 4.78 is 1.75. The van der Waals surface area contributed by atoms with Gasteiger partial charge in [0.1, 0.15) is 17.5 Å². The summed E-state index contributed by atoms with van der Waals surface area (Å²) in [7, 11) is 3.87. The molecule has 0 saturated carbocycles. The first-order valence-corrected chi connectivity index (χ1v) is 8.09. The highest BCUT2D eigenvalue weighted by Crippen LogP contribution is 2.28. The summed E-state index contributed by atoms with van der Waals surface area (Å²) in [4.78, 5) is 15.5. The molecular formula is C17H25N7. The van der Waals surface area contributed by atoms with Gasteiger partial charge in [-0.1, -0.05) is 19.9 Å². The molecule has 128 valence electrons. The van der Waals surface area contributed by atoms with Gasteiger partial charge in [0.2, 0.25) is 0 Å². The van der Waals surface area contributed by atoms with Crippen LogP contribution in [0.5, 0.6) is 0 Å². The zero-order chi connectivity index (χ0) is 17.9. The van der Waals surface area contributed by atoms with Crippen LogP contribution in [-0.4, -0.2) is 31.8 Å². The van der Waals surface area contributed by atoms with Crippen molar-refractivity contribution in [3.05, 3.63) is 35.9 Å². The number of anilines is 2. The predicted molar refractivity (Wildman–Crippen MR) is 97.9 cm³/mol. The Labute approximate surface area is 142 Å². The Morgan fingerprint density at radius 1 is 1.17 bits per heavy atom. The van der Waals surface area contributed by atoms with Gasteiger partial charge in [-0.25, -0.2) is 15.0 Å². The highest BCUT2D eigenvalue weighted by atomic mass is 15.3. The van der Waals surface area contributed by atoms with E-state index in [1.54, 1.807) is 16.9 Å². The van der Waals surface area contributed by atoms with Crippen LogP contribution >= 0.6 is 0 Å². The molecule has 7 heteroatoms. The highest BCUT2D eigenvalue weighted by molar-refractivity contribution is 5.87. The molecule has 3 aromatic rings. The molecule has 0 aliphatic rings. The van der Waals surface area contributed by atoms with E-state index in [4.69, 9.17) is 5.73 Å². The topological polar surface area (TPSA) is 85.8 Å². The van der Waals surface area contributed by atoms with Crippen LogP contribution in [0.4, 0.5) is 11.6 Å². The van der Waals surface area contributed by atoms with Crippen molar-refractivity contribution in [2.45, 2.75) is 33.7 Å². The maximum atomic E-state index is 5.78. The van der Waals surface area contributed by atoms with Crippen molar-refractivity contribution in [1.29, 1.82) is 0 Å². The molecule has 3 heterocycles. The van der Waals surface area contributed by atoms with E-state index in [9.17, 15) is 0 Å². The van der Waals surface area contributed by atoms with Crippen LogP contribution in [0.15, 0.2) is 24.4 Å². The van der Waals surface area contributed by atoms with Crippen LogP contribution in [-0.2, 0) is 7.05 Å². The highest BCUT2D eigenvalue weighted by Gasteiger charge is 2.19. The number of fused-ring (bicyclic) bond motifs is 1. The van der Waals surface area contributed by atoms with Gasteiger partial charge in [0.05, 0.1) is 23.3 Å². The number of nitrogens with zero attached hydrogens (tertiary/aromatic N) is 6. The normalized spacial score (nSPS) is 11.8. The van der Waals surface area contributed by atoms with E-state index in [1.807, 2.05) is 47.0 Å². The third-order valence-electron chi connectivity index (χ3n) is 3.82. The van der Waals surface area contributed by atoms with Gasteiger partial charge in [-0.05, 0) is 26.0 Å². The second-order valence-electron chi connectivity index (χ2n) is 5.37. The fourth-order valence-corrected chi connectivity index (χ4v) is 2.47. The van der Waals surface area contributed by atoms with Crippen LogP contribution in [0.3, 0.4) is 0 Å². The lowest BCUT2D eigenvalue weighted by atomic mass is 10.2. The van der Waals surface area contributed by atoms with Crippen molar-refractivity contribution in [2.75, 3.05) is 17.7 Å². The molecule has 0 saturated heterocycles. The number of hydrogen-bond acceptors (Lipinski definition) is 6. The molecule has 1 atom stereocenters. The summed E-state index contributed by atoms with van der Waals surface area (Å²) in [5.41, 5.74) is 7.50. The molecule has 0 radical (unpaired) electrons.